The number of aryl methyl sites for hydroxylation is 1. The van der Waals surface area contributed by atoms with Gasteiger partial charge in [-0.15, -0.1) is 0 Å². The highest BCUT2D eigenvalue weighted by Gasteiger charge is 2.26. The summed E-state index contributed by atoms with van der Waals surface area (Å²) in [5.74, 6) is 0.582. The van der Waals surface area contributed by atoms with E-state index in [0.29, 0.717) is 5.95 Å². The van der Waals surface area contributed by atoms with Crippen molar-refractivity contribution in [3.05, 3.63) is 23.8 Å². The largest absolute Gasteiger partial charge is 0.376 e. The first kappa shape index (κ1) is 11.5. The highest BCUT2D eigenvalue weighted by Crippen LogP contribution is 2.30. The Kier molecular flexibility index (Phi) is 2.74. The molecule has 4 nitrogen and oxygen atoms in total. The van der Waals surface area contributed by atoms with Crippen LogP contribution in [-0.2, 0) is 4.74 Å². The molecule has 1 aliphatic rings. The number of hydrogen-bond acceptors (Lipinski definition) is 3. The summed E-state index contributed by atoms with van der Waals surface area (Å²) < 4.78 is 7.86. The van der Waals surface area contributed by atoms with Gasteiger partial charge in [-0.05, 0) is 44.4 Å². The first-order chi connectivity index (χ1) is 8.66. The number of hydrogen-bond donors (Lipinski definition) is 1. The maximum absolute atomic E-state index is 6.07. The predicted octanol–water partition coefficient (Wildman–Crippen LogP) is 2.67. The molecule has 1 aliphatic heterocycles. The second-order valence-corrected chi connectivity index (χ2v) is 5.12. The van der Waals surface area contributed by atoms with Gasteiger partial charge in [0.25, 0.3) is 0 Å². The molecule has 0 spiro atoms. The van der Waals surface area contributed by atoms with Gasteiger partial charge >= 0.3 is 0 Å². The fourth-order valence-electron chi connectivity index (χ4n) is 2.80. The average molecular weight is 245 g/mol. The third-order valence-electron chi connectivity index (χ3n) is 3.78. The number of anilines is 1. The molecule has 2 unspecified atom stereocenters. The number of rotatable bonds is 2. The van der Waals surface area contributed by atoms with Crippen LogP contribution in [0.2, 0.25) is 0 Å². The van der Waals surface area contributed by atoms with Gasteiger partial charge in [0.15, 0.2) is 0 Å². The number of nitrogens with zero attached hydrogens (tertiary/aromatic N) is 2. The summed E-state index contributed by atoms with van der Waals surface area (Å²) in [5.41, 5.74) is 9.34. The van der Waals surface area contributed by atoms with E-state index in [4.69, 9.17) is 10.5 Å². The molecule has 2 N–H and O–H groups in total. The fourth-order valence-corrected chi connectivity index (χ4v) is 2.80. The van der Waals surface area contributed by atoms with E-state index in [1.165, 1.54) is 5.56 Å². The molecule has 1 aromatic carbocycles. The molecule has 18 heavy (non-hydrogen) atoms. The Morgan fingerprint density at radius 1 is 1.50 bits per heavy atom. The van der Waals surface area contributed by atoms with Crippen molar-refractivity contribution >= 4 is 17.0 Å². The van der Waals surface area contributed by atoms with Gasteiger partial charge in [-0.25, -0.2) is 4.98 Å². The topological polar surface area (TPSA) is 53.1 Å². The van der Waals surface area contributed by atoms with Crippen molar-refractivity contribution in [2.75, 3.05) is 12.3 Å². The number of nitrogens with two attached hydrogens (primary N) is 1. The lowest BCUT2D eigenvalue weighted by molar-refractivity contribution is 0.0751. The lowest BCUT2D eigenvalue weighted by atomic mass is 10.1. The third kappa shape index (κ3) is 1.77. The number of ether oxygens (including phenoxy) is 1. The molecule has 96 valence electrons. The highest BCUT2D eigenvalue weighted by molar-refractivity contribution is 5.79. The Balaban J connectivity index is 2.07. The monoisotopic (exact) mass is 245 g/mol. The summed E-state index contributed by atoms with van der Waals surface area (Å²) in [7, 11) is 0. The molecule has 2 heterocycles. The van der Waals surface area contributed by atoms with E-state index in [9.17, 15) is 0 Å². The van der Waals surface area contributed by atoms with E-state index < -0.39 is 0 Å². The molecule has 4 heteroatoms. The van der Waals surface area contributed by atoms with Gasteiger partial charge in [-0.3, -0.25) is 0 Å². The molecule has 0 aliphatic carbocycles. The summed E-state index contributed by atoms with van der Waals surface area (Å²) in [4.78, 5) is 4.45. The molecule has 0 amide bonds. The maximum Gasteiger partial charge on any atom is 0.201 e. The van der Waals surface area contributed by atoms with E-state index >= 15 is 0 Å². The van der Waals surface area contributed by atoms with Crippen LogP contribution in [0, 0.1) is 6.92 Å². The Morgan fingerprint density at radius 3 is 3.06 bits per heavy atom. The SMILES string of the molecule is Cc1ccc2c(c1)nc(N)n2C(C)C1CCCO1. The second kappa shape index (κ2) is 4.28. The van der Waals surface area contributed by atoms with Crippen molar-refractivity contribution in [1.82, 2.24) is 9.55 Å². The minimum atomic E-state index is 0.236. The van der Waals surface area contributed by atoms with Crippen molar-refractivity contribution in [2.45, 2.75) is 38.8 Å². The summed E-state index contributed by atoms with van der Waals surface area (Å²) in [5, 5.41) is 0. The summed E-state index contributed by atoms with van der Waals surface area (Å²) >= 11 is 0. The Morgan fingerprint density at radius 2 is 2.33 bits per heavy atom. The summed E-state index contributed by atoms with van der Waals surface area (Å²) in [6.07, 6.45) is 2.50. The van der Waals surface area contributed by atoms with E-state index in [0.717, 1.165) is 30.5 Å². The van der Waals surface area contributed by atoms with Gasteiger partial charge in [0.2, 0.25) is 5.95 Å². The van der Waals surface area contributed by atoms with Crippen LogP contribution in [0.5, 0.6) is 0 Å². The van der Waals surface area contributed by atoms with Crippen LogP contribution in [0.1, 0.15) is 31.4 Å². The number of benzene rings is 1. The zero-order valence-electron chi connectivity index (χ0n) is 10.9. The van der Waals surface area contributed by atoms with E-state index in [2.05, 4.69) is 41.6 Å². The standard InChI is InChI=1S/C14H19N3O/c1-9-5-6-12-11(8-9)16-14(15)17(12)10(2)13-4-3-7-18-13/h5-6,8,10,13H,3-4,7H2,1-2H3,(H2,15,16). The van der Waals surface area contributed by atoms with Crippen molar-refractivity contribution in [2.24, 2.45) is 0 Å². The Labute approximate surface area is 107 Å². The first-order valence-electron chi connectivity index (χ1n) is 6.52. The second-order valence-electron chi connectivity index (χ2n) is 5.12. The highest BCUT2D eigenvalue weighted by atomic mass is 16.5. The van der Waals surface area contributed by atoms with Crippen LogP contribution in [0.15, 0.2) is 18.2 Å². The van der Waals surface area contributed by atoms with Gasteiger partial charge in [0, 0.05) is 6.61 Å². The minimum absolute atomic E-state index is 0.236. The molecular weight excluding hydrogens is 226 g/mol. The molecule has 2 atom stereocenters. The molecule has 0 radical (unpaired) electrons. The number of fused-ring (bicyclic) bond motifs is 1. The van der Waals surface area contributed by atoms with E-state index in [-0.39, 0.29) is 12.1 Å². The van der Waals surface area contributed by atoms with Gasteiger partial charge in [0.1, 0.15) is 0 Å². The molecule has 1 saturated heterocycles. The van der Waals surface area contributed by atoms with Crippen molar-refractivity contribution in [3.8, 4) is 0 Å². The summed E-state index contributed by atoms with van der Waals surface area (Å²) in [6.45, 7) is 5.09. The molecule has 0 saturated carbocycles. The average Bonchev–Trinajstić information content (AvgIpc) is 2.94. The van der Waals surface area contributed by atoms with Crippen LogP contribution in [0.4, 0.5) is 5.95 Å². The minimum Gasteiger partial charge on any atom is -0.376 e. The third-order valence-corrected chi connectivity index (χ3v) is 3.78. The molecular formula is C14H19N3O. The molecule has 3 rings (SSSR count). The number of nitrogen functional groups attached to an aromatic ring is 1. The van der Waals surface area contributed by atoms with E-state index in [1.807, 2.05) is 0 Å². The van der Waals surface area contributed by atoms with Crippen LogP contribution >= 0.6 is 0 Å². The molecule has 1 fully saturated rings. The first-order valence-corrected chi connectivity index (χ1v) is 6.52. The van der Waals surface area contributed by atoms with E-state index in [1.54, 1.807) is 0 Å². The predicted molar refractivity (Wildman–Crippen MR) is 72.6 cm³/mol. The molecule has 0 bridgehead atoms. The number of aromatic nitrogens is 2. The van der Waals surface area contributed by atoms with Crippen LogP contribution < -0.4 is 5.73 Å². The summed E-state index contributed by atoms with van der Waals surface area (Å²) in [6, 6.07) is 6.51. The van der Waals surface area contributed by atoms with Crippen LogP contribution in [0.25, 0.3) is 11.0 Å². The van der Waals surface area contributed by atoms with Crippen molar-refractivity contribution in [3.63, 3.8) is 0 Å². The fraction of sp³-hybridized carbons (Fsp3) is 0.500. The Bertz CT molecular complexity index is 570. The van der Waals surface area contributed by atoms with Gasteiger partial charge in [-0.1, -0.05) is 6.07 Å². The lowest BCUT2D eigenvalue weighted by Gasteiger charge is -2.21. The molecule has 2 aromatic rings. The van der Waals surface area contributed by atoms with Crippen LogP contribution in [-0.4, -0.2) is 22.3 Å². The normalized spacial score (nSPS) is 21.6. The smallest absolute Gasteiger partial charge is 0.201 e. The molecule has 1 aromatic heterocycles. The zero-order valence-corrected chi connectivity index (χ0v) is 10.9. The maximum atomic E-state index is 6.07. The van der Waals surface area contributed by atoms with Crippen molar-refractivity contribution < 1.29 is 4.74 Å². The Hall–Kier alpha value is -1.55. The van der Waals surface area contributed by atoms with Gasteiger partial charge in [-0.2, -0.15) is 0 Å². The quantitative estimate of drug-likeness (QED) is 0.885. The van der Waals surface area contributed by atoms with Gasteiger partial charge < -0.3 is 15.0 Å². The number of imidazole rings is 1. The zero-order chi connectivity index (χ0) is 12.7. The van der Waals surface area contributed by atoms with Crippen LogP contribution in [0.3, 0.4) is 0 Å². The van der Waals surface area contributed by atoms with Gasteiger partial charge in [0.05, 0.1) is 23.2 Å². The lowest BCUT2D eigenvalue weighted by Crippen LogP contribution is -2.22. The van der Waals surface area contributed by atoms with Crippen molar-refractivity contribution in [1.29, 1.82) is 0 Å².